The normalized spacial score (nSPS) is 10.4. The van der Waals surface area contributed by atoms with Gasteiger partial charge in [-0.2, -0.15) is 0 Å². The molecule has 0 bridgehead atoms. The van der Waals surface area contributed by atoms with Crippen molar-refractivity contribution in [2.45, 2.75) is 20.0 Å². The zero-order valence-corrected chi connectivity index (χ0v) is 9.81. The van der Waals surface area contributed by atoms with Crippen LogP contribution in [-0.2, 0) is 13.1 Å². The Bertz CT molecular complexity index is 441. The molecule has 0 fully saturated rings. The van der Waals surface area contributed by atoms with Crippen LogP contribution in [0.1, 0.15) is 18.4 Å². The standard InChI is InChI=1S/C12H16N4O/c1-2-13-9-11-15-16-12(17-11)14-8-10-6-4-3-5-7-10/h3-7,13H,2,8-9H2,1H3,(H,14,16). The van der Waals surface area contributed by atoms with Crippen LogP contribution >= 0.6 is 0 Å². The molecule has 0 saturated heterocycles. The first-order valence-electron chi connectivity index (χ1n) is 5.69. The molecule has 0 radical (unpaired) electrons. The van der Waals surface area contributed by atoms with E-state index in [0.29, 0.717) is 25.0 Å². The number of anilines is 1. The van der Waals surface area contributed by atoms with E-state index in [9.17, 15) is 0 Å². The van der Waals surface area contributed by atoms with Gasteiger partial charge in [-0.25, -0.2) is 0 Å². The molecule has 0 saturated carbocycles. The summed E-state index contributed by atoms with van der Waals surface area (Å²) in [7, 11) is 0. The summed E-state index contributed by atoms with van der Waals surface area (Å²) in [6.07, 6.45) is 0. The molecule has 0 spiro atoms. The van der Waals surface area contributed by atoms with E-state index in [-0.39, 0.29) is 0 Å². The highest BCUT2D eigenvalue weighted by Crippen LogP contribution is 2.07. The number of hydrogen-bond donors (Lipinski definition) is 2. The van der Waals surface area contributed by atoms with Gasteiger partial charge in [-0.3, -0.25) is 0 Å². The van der Waals surface area contributed by atoms with Crippen LogP contribution < -0.4 is 10.6 Å². The first-order valence-corrected chi connectivity index (χ1v) is 5.69. The Hall–Kier alpha value is -1.88. The summed E-state index contributed by atoms with van der Waals surface area (Å²) in [6, 6.07) is 10.5. The van der Waals surface area contributed by atoms with Crippen molar-refractivity contribution < 1.29 is 4.42 Å². The Morgan fingerprint density at radius 2 is 1.94 bits per heavy atom. The maximum absolute atomic E-state index is 5.41. The SMILES string of the molecule is CCNCc1nnc(NCc2ccccc2)o1. The molecule has 0 unspecified atom stereocenters. The van der Waals surface area contributed by atoms with Gasteiger partial charge in [-0.1, -0.05) is 42.4 Å². The molecule has 2 rings (SSSR count). The van der Waals surface area contributed by atoms with E-state index < -0.39 is 0 Å². The molecule has 90 valence electrons. The predicted molar refractivity (Wildman–Crippen MR) is 65.4 cm³/mol. The summed E-state index contributed by atoms with van der Waals surface area (Å²) in [5.74, 6) is 0.599. The van der Waals surface area contributed by atoms with Crippen molar-refractivity contribution >= 4 is 6.01 Å². The van der Waals surface area contributed by atoms with Gasteiger partial charge in [0.1, 0.15) is 0 Å². The second-order valence-corrected chi connectivity index (χ2v) is 3.62. The molecule has 17 heavy (non-hydrogen) atoms. The minimum absolute atomic E-state index is 0.460. The van der Waals surface area contributed by atoms with Gasteiger partial charge < -0.3 is 15.1 Å². The van der Waals surface area contributed by atoms with E-state index >= 15 is 0 Å². The smallest absolute Gasteiger partial charge is 0.315 e. The van der Waals surface area contributed by atoms with Gasteiger partial charge >= 0.3 is 6.01 Å². The number of aromatic nitrogens is 2. The van der Waals surface area contributed by atoms with Crippen LogP contribution in [0.4, 0.5) is 6.01 Å². The lowest BCUT2D eigenvalue weighted by Crippen LogP contribution is -2.11. The molecule has 0 aliphatic rings. The number of nitrogens with one attached hydrogen (secondary N) is 2. The Morgan fingerprint density at radius 1 is 1.12 bits per heavy atom. The molecule has 1 aromatic carbocycles. The first kappa shape index (κ1) is 11.6. The third kappa shape index (κ3) is 3.57. The van der Waals surface area contributed by atoms with E-state index in [1.165, 1.54) is 5.56 Å². The molecule has 0 aliphatic heterocycles. The number of nitrogens with zero attached hydrogens (tertiary/aromatic N) is 2. The van der Waals surface area contributed by atoms with Crippen LogP contribution in [0.5, 0.6) is 0 Å². The van der Waals surface area contributed by atoms with Crippen LogP contribution in [0, 0.1) is 0 Å². The van der Waals surface area contributed by atoms with Crippen molar-refractivity contribution in [3.05, 3.63) is 41.8 Å². The van der Waals surface area contributed by atoms with Gasteiger partial charge in [0.15, 0.2) is 0 Å². The Kier molecular flexibility index (Phi) is 4.10. The summed E-state index contributed by atoms with van der Waals surface area (Å²) in [4.78, 5) is 0. The maximum Gasteiger partial charge on any atom is 0.315 e. The molecule has 1 heterocycles. The van der Waals surface area contributed by atoms with E-state index in [1.54, 1.807) is 0 Å². The highest BCUT2D eigenvalue weighted by molar-refractivity contribution is 5.23. The fraction of sp³-hybridized carbons (Fsp3) is 0.333. The number of benzene rings is 1. The summed E-state index contributed by atoms with van der Waals surface area (Å²) in [6.45, 7) is 4.21. The Labute approximate surface area is 100 Å². The van der Waals surface area contributed by atoms with Gasteiger partial charge in [0.05, 0.1) is 6.54 Å². The second-order valence-electron chi connectivity index (χ2n) is 3.62. The van der Waals surface area contributed by atoms with Crippen LogP contribution in [0.15, 0.2) is 34.7 Å². The Balaban J connectivity index is 1.85. The fourth-order valence-electron chi connectivity index (χ4n) is 1.40. The van der Waals surface area contributed by atoms with Crippen molar-refractivity contribution in [3.8, 4) is 0 Å². The summed E-state index contributed by atoms with van der Waals surface area (Å²) >= 11 is 0. The molecular formula is C12H16N4O. The third-order valence-corrected chi connectivity index (χ3v) is 2.28. The van der Waals surface area contributed by atoms with Crippen molar-refractivity contribution in [1.29, 1.82) is 0 Å². The number of hydrogen-bond acceptors (Lipinski definition) is 5. The molecule has 0 amide bonds. The summed E-state index contributed by atoms with van der Waals surface area (Å²) < 4.78 is 5.41. The van der Waals surface area contributed by atoms with E-state index in [2.05, 4.69) is 20.8 Å². The van der Waals surface area contributed by atoms with Crippen molar-refractivity contribution in [2.24, 2.45) is 0 Å². The lowest BCUT2D eigenvalue weighted by Gasteiger charge is -2.00. The van der Waals surface area contributed by atoms with E-state index in [1.807, 2.05) is 37.3 Å². The van der Waals surface area contributed by atoms with Gasteiger partial charge in [-0.15, -0.1) is 5.10 Å². The molecule has 5 nitrogen and oxygen atoms in total. The van der Waals surface area contributed by atoms with Gasteiger partial charge in [0.25, 0.3) is 0 Å². The quantitative estimate of drug-likeness (QED) is 0.795. The fourth-order valence-corrected chi connectivity index (χ4v) is 1.40. The highest BCUT2D eigenvalue weighted by atomic mass is 16.4. The zero-order chi connectivity index (χ0) is 11.9. The molecule has 5 heteroatoms. The monoisotopic (exact) mass is 232 g/mol. The average molecular weight is 232 g/mol. The van der Waals surface area contributed by atoms with Crippen LogP contribution in [0.3, 0.4) is 0 Å². The highest BCUT2D eigenvalue weighted by Gasteiger charge is 2.04. The predicted octanol–water partition coefficient (Wildman–Crippen LogP) is 1.79. The molecular weight excluding hydrogens is 216 g/mol. The average Bonchev–Trinajstić information content (AvgIpc) is 2.83. The van der Waals surface area contributed by atoms with Crippen LogP contribution in [-0.4, -0.2) is 16.7 Å². The third-order valence-electron chi connectivity index (χ3n) is 2.28. The van der Waals surface area contributed by atoms with Crippen LogP contribution in [0.2, 0.25) is 0 Å². The molecule has 2 aromatic rings. The zero-order valence-electron chi connectivity index (χ0n) is 9.81. The summed E-state index contributed by atoms with van der Waals surface area (Å²) in [5, 5.41) is 14.1. The molecule has 0 atom stereocenters. The summed E-state index contributed by atoms with van der Waals surface area (Å²) in [5.41, 5.74) is 1.18. The minimum atomic E-state index is 0.460. The van der Waals surface area contributed by atoms with Crippen molar-refractivity contribution in [3.63, 3.8) is 0 Å². The van der Waals surface area contributed by atoms with Crippen LogP contribution in [0.25, 0.3) is 0 Å². The lowest BCUT2D eigenvalue weighted by molar-refractivity contribution is 0.481. The largest absolute Gasteiger partial charge is 0.407 e. The van der Waals surface area contributed by atoms with E-state index in [4.69, 9.17) is 4.42 Å². The molecule has 2 N–H and O–H groups in total. The van der Waals surface area contributed by atoms with Gasteiger partial charge in [-0.05, 0) is 12.1 Å². The lowest BCUT2D eigenvalue weighted by atomic mass is 10.2. The van der Waals surface area contributed by atoms with E-state index in [0.717, 1.165) is 6.54 Å². The molecule has 0 aliphatic carbocycles. The minimum Gasteiger partial charge on any atom is -0.407 e. The molecule has 1 aromatic heterocycles. The van der Waals surface area contributed by atoms with Crippen molar-refractivity contribution in [2.75, 3.05) is 11.9 Å². The van der Waals surface area contributed by atoms with Gasteiger partial charge in [0.2, 0.25) is 5.89 Å². The Morgan fingerprint density at radius 3 is 2.71 bits per heavy atom. The first-order chi connectivity index (χ1) is 8.38. The second kappa shape index (κ2) is 6.00. The number of rotatable bonds is 6. The van der Waals surface area contributed by atoms with Gasteiger partial charge in [0, 0.05) is 6.54 Å². The van der Waals surface area contributed by atoms with Crippen molar-refractivity contribution in [1.82, 2.24) is 15.5 Å². The topological polar surface area (TPSA) is 63.0 Å². The maximum atomic E-state index is 5.41.